The van der Waals surface area contributed by atoms with Crippen molar-refractivity contribution in [1.29, 1.82) is 0 Å². The van der Waals surface area contributed by atoms with Crippen molar-refractivity contribution in [2.24, 2.45) is 0 Å². The third kappa shape index (κ3) is 2.38. The molecule has 1 aliphatic carbocycles. The van der Waals surface area contributed by atoms with Gasteiger partial charge in [0.2, 0.25) is 5.82 Å². The number of carbonyl (C=O) groups is 1. The Morgan fingerprint density at radius 3 is 3.17 bits per heavy atom. The molecule has 0 bridgehead atoms. The van der Waals surface area contributed by atoms with Crippen molar-refractivity contribution in [3.05, 3.63) is 22.6 Å². The summed E-state index contributed by atoms with van der Waals surface area (Å²) in [5.41, 5.74) is 2.11. The van der Waals surface area contributed by atoms with Crippen LogP contribution in [-0.4, -0.2) is 31.5 Å². The van der Waals surface area contributed by atoms with E-state index in [1.165, 1.54) is 23.3 Å². The summed E-state index contributed by atoms with van der Waals surface area (Å²) >= 11 is 1.76. The number of thiophene rings is 1. The van der Waals surface area contributed by atoms with E-state index in [1.807, 2.05) is 13.8 Å². The van der Waals surface area contributed by atoms with Crippen molar-refractivity contribution in [2.75, 3.05) is 0 Å². The number of fused-ring (bicyclic) bond motifs is 5. The van der Waals surface area contributed by atoms with Crippen LogP contribution >= 0.6 is 11.3 Å². The van der Waals surface area contributed by atoms with E-state index in [2.05, 4.69) is 27.3 Å². The zero-order valence-corrected chi connectivity index (χ0v) is 15.0. The highest BCUT2D eigenvalue weighted by atomic mass is 32.1. The molecule has 126 valence electrons. The maximum Gasteiger partial charge on any atom is 0.291 e. The maximum absolute atomic E-state index is 12.3. The number of carbonyl (C=O) groups excluding carboxylic acids is 1. The average Bonchev–Trinajstić information content (AvgIpc) is 3.15. The molecule has 0 aromatic carbocycles. The zero-order chi connectivity index (χ0) is 16.8. The van der Waals surface area contributed by atoms with Gasteiger partial charge in [-0.15, -0.1) is 16.4 Å². The van der Waals surface area contributed by atoms with E-state index in [0.717, 1.165) is 28.7 Å². The summed E-state index contributed by atoms with van der Waals surface area (Å²) in [5.74, 6) is 0.496. The molecule has 2 atom stereocenters. The number of hydrogen-bond acceptors (Lipinski definition) is 5. The van der Waals surface area contributed by atoms with Gasteiger partial charge in [0.25, 0.3) is 5.91 Å². The monoisotopic (exact) mass is 343 g/mol. The standard InChI is InChI=1S/C17H21N5OS/c1-4-10(3)19-16(23)14-20-15-13-12-9(2)6-5-7-11(12)24-17(13)18-8-22(15)21-14/h8-10H,4-7H2,1-3H3,(H,19,23)/t9-,10+/m0/s1. The third-order valence-electron chi connectivity index (χ3n) is 4.87. The molecular weight excluding hydrogens is 322 g/mol. The Kier molecular flexibility index (Phi) is 3.75. The number of nitrogens with one attached hydrogen (secondary N) is 1. The lowest BCUT2D eigenvalue weighted by atomic mass is 9.87. The molecule has 7 heteroatoms. The Bertz CT molecular complexity index is 928. The molecule has 24 heavy (non-hydrogen) atoms. The molecular formula is C17H21N5OS. The molecule has 3 aromatic rings. The zero-order valence-electron chi connectivity index (χ0n) is 14.2. The van der Waals surface area contributed by atoms with Crippen LogP contribution in [0.1, 0.15) is 67.0 Å². The second-order valence-electron chi connectivity index (χ2n) is 6.64. The molecule has 0 saturated heterocycles. The second-order valence-corrected chi connectivity index (χ2v) is 7.73. The van der Waals surface area contributed by atoms with Gasteiger partial charge in [0.05, 0.1) is 5.39 Å². The number of aryl methyl sites for hydroxylation is 1. The molecule has 0 unspecified atom stereocenters. The van der Waals surface area contributed by atoms with Crippen LogP contribution < -0.4 is 5.32 Å². The first-order valence-corrected chi connectivity index (χ1v) is 9.37. The van der Waals surface area contributed by atoms with Gasteiger partial charge in [-0.05, 0) is 44.1 Å². The molecule has 3 aromatic heterocycles. The van der Waals surface area contributed by atoms with Gasteiger partial charge in [0, 0.05) is 10.9 Å². The van der Waals surface area contributed by atoms with E-state index in [-0.39, 0.29) is 17.8 Å². The van der Waals surface area contributed by atoms with Gasteiger partial charge in [-0.2, -0.15) is 0 Å². The van der Waals surface area contributed by atoms with Gasteiger partial charge in [-0.25, -0.2) is 14.5 Å². The Morgan fingerprint density at radius 2 is 2.38 bits per heavy atom. The van der Waals surface area contributed by atoms with Crippen LogP contribution in [-0.2, 0) is 6.42 Å². The van der Waals surface area contributed by atoms with E-state index >= 15 is 0 Å². The number of nitrogens with zero attached hydrogens (tertiary/aromatic N) is 4. The van der Waals surface area contributed by atoms with Crippen molar-refractivity contribution in [2.45, 2.75) is 58.4 Å². The molecule has 6 nitrogen and oxygen atoms in total. The van der Waals surface area contributed by atoms with Gasteiger partial charge in [0.1, 0.15) is 11.2 Å². The van der Waals surface area contributed by atoms with Crippen molar-refractivity contribution in [1.82, 2.24) is 24.9 Å². The Balaban J connectivity index is 1.86. The molecule has 3 heterocycles. The van der Waals surface area contributed by atoms with Gasteiger partial charge in [0.15, 0.2) is 5.65 Å². The largest absolute Gasteiger partial charge is 0.347 e. The molecule has 1 amide bonds. The first kappa shape index (κ1) is 15.5. The fourth-order valence-electron chi connectivity index (χ4n) is 3.37. The van der Waals surface area contributed by atoms with E-state index in [1.54, 1.807) is 22.2 Å². The summed E-state index contributed by atoms with van der Waals surface area (Å²) < 4.78 is 1.64. The lowest BCUT2D eigenvalue weighted by Gasteiger charge is -2.18. The van der Waals surface area contributed by atoms with Crippen molar-refractivity contribution >= 4 is 33.1 Å². The van der Waals surface area contributed by atoms with Crippen LogP contribution in [0, 0.1) is 0 Å². The van der Waals surface area contributed by atoms with Gasteiger partial charge in [-0.3, -0.25) is 4.79 Å². The molecule has 0 saturated carbocycles. The van der Waals surface area contributed by atoms with Crippen LogP contribution in [0.4, 0.5) is 0 Å². The van der Waals surface area contributed by atoms with Crippen molar-refractivity contribution in [3.63, 3.8) is 0 Å². The molecule has 1 aliphatic rings. The SMILES string of the molecule is CC[C@@H](C)NC(=O)c1nc2c3c4c(sc3ncn2n1)CCC[C@@H]4C. The van der Waals surface area contributed by atoms with E-state index in [0.29, 0.717) is 5.92 Å². The molecule has 0 fully saturated rings. The Hall–Kier alpha value is -2.02. The lowest BCUT2D eigenvalue weighted by molar-refractivity contribution is 0.0929. The second kappa shape index (κ2) is 5.81. The predicted octanol–water partition coefficient (Wildman–Crippen LogP) is 3.31. The molecule has 4 rings (SSSR count). The summed E-state index contributed by atoms with van der Waals surface area (Å²) in [6.07, 6.45) is 6.07. The van der Waals surface area contributed by atoms with E-state index in [4.69, 9.17) is 0 Å². The highest BCUT2D eigenvalue weighted by molar-refractivity contribution is 7.19. The first-order chi connectivity index (χ1) is 11.6. The number of amides is 1. The van der Waals surface area contributed by atoms with E-state index in [9.17, 15) is 4.79 Å². The molecule has 1 N–H and O–H groups in total. The summed E-state index contributed by atoms with van der Waals surface area (Å²) in [4.78, 5) is 23.9. The third-order valence-corrected chi connectivity index (χ3v) is 6.04. The molecule has 0 aliphatic heterocycles. The minimum absolute atomic E-state index is 0.108. The van der Waals surface area contributed by atoms with Gasteiger partial charge >= 0.3 is 0 Å². The lowest BCUT2D eigenvalue weighted by Crippen LogP contribution is -2.32. The Labute approximate surface area is 144 Å². The summed E-state index contributed by atoms with van der Waals surface area (Å²) in [5, 5.41) is 8.35. The quantitative estimate of drug-likeness (QED) is 0.792. The number of rotatable bonds is 3. The van der Waals surface area contributed by atoms with Crippen molar-refractivity contribution in [3.8, 4) is 0 Å². The van der Waals surface area contributed by atoms with E-state index < -0.39 is 0 Å². The summed E-state index contributed by atoms with van der Waals surface area (Å²) in [6.45, 7) is 6.28. The minimum atomic E-state index is -0.224. The summed E-state index contributed by atoms with van der Waals surface area (Å²) in [7, 11) is 0. The van der Waals surface area contributed by atoms with Gasteiger partial charge in [-0.1, -0.05) is 13.8 Å². The smallest absolute Gasteiger partial charge is 0.291 e. The number of aromatic nitrogens is 4. The topological polar surface area (TPSA) is 72.2 Å². The Morgan fingerprint density at radius 1 is 1.54 bits per heavy atom. The number of hydrogen-bond donors (Lipinski definition) is 1. The van der Waals surface area contributed by atoms with Crippen LogP contribution in [0.5, 0.6) is 0 Å². The maximum atomic E-state index is 12.3. The predicted molar refractivity (Wildman–Crippen MR) is 94.7 cm³/mol. The normalized spacial score (nSPS) is 18.7. The van der Waals surface area contributed by atoms with Crippen molar-refractivity contribution < 1.29 is 4.79 Å². The molecule has 0 spiro atoms. The van der Waals surface area contributed by atoms with Crippen LogP contribution in [0.25, 0.3) is 15.9 Å². The fraction of sp³-hybridized carbons (Fsp3) is 0.529. The average molecular weight is 343 g/mol. The first-order valence-electron chi connectivity index (χ1n) is 8.56. The van der Waals surface area contributed by atoms with Gasteiger partial charge < -0.3 is 5.32 Å². The van der Waals surface area contributed by atoms with Crippen LogP contribution in [0.3, 0.4) is 0 Å². The van der Waals surface area contributed by atoms with Crippen LogP contribution in [0.15, 0.2) is 6.33 Å². The van der Waals surface area contributed by atoms with Crippen LogP contribution in [0.2, 0.25) is 0 Å². The molecule has 0 radical (unpaired) electrons. The minimum Gasteiger partial charge on any atom is -0.347 e. The fourth-order valence-corrected chi connectivity index (χ4v) is 4.67. The summed E-state index contributed by atoms with van der Waals surface area (Å²) in [6, 6.07) is 0.108. The highest BCUT2D eigenvalue weighted by Crippen LogP contribution is 2.42. The highest BCUT2D eigenvalue weighted by Gasteiger charge is 2.26.